The number of hydrogen-bond donors (Lipinski definition) is 2. The van der Waals surface area contributed by atoms with Crippen molar-refractivity contribution in [2.45, 2.75) is 18.4 Å². The van der Waals surface area contributed by atoms with E-state index < -0.39 is 5.82 Å². The molecule has 1 aliphatic rings. The number of halogens is 1. The summed E-state index contributed by atoms with van der Waals surface area (Å²) in [4.78, 5) is 0. The zero-order chi connectivity index (χ0) is 12.7. The van der Waals surface area contributed by atoms with Gasteiger partial charge in [-0.1, -0.05) is 30.3 Å². The quantitative estimate of drug-likeness (QED) is 0.851. The van der Waals surface area contributed by atoms with Crippen LogP contribution in [0.25, 0.3) is 11.1 Å². The molecule has 1 saturated carbocycles. The van der Waals surface area contributed by atoms with Gasteiger partial charge >= 0.3 is 0 Å². The summed E-state index contributed by atoms with van der Waals surface area (Å²) >= 11 is 0. The molecule has 92 valence electrons. The molecule has 2 atom stereocenters. The van der Waals surface area contributed by atoms with Crippen molar-refractivity contribution in [3.63, 3.8) is 0 Å². The molecule has 0 saturated heterocycles. The van der Waals surface area contributed by atoms with Crippen molar-refractivity contribution in [2.75, 3.05) is 0 Å². The summed E-state index contributed by atoms with van der Waals surface area (Å²) < 4.78 is 13.0. The maximum atomic E-state index is 13.0. The zero-order valence-corrected chi connectivity index (χ0v) is 9.81. The second kappa shape index (κ2) is 4.10. The van der Waals surface area contributed by atoms with Gasteiger partial charge < -0.3 is 10.8 Å². The van der Waals surface area contributed by atoms with Crippen molar-refractivity contribution in [1.29, 1.82) is 0 Å². The van der Waals surface area contributed by atoms with E-state index in [1.54, 1.807) is 6.07 Å². The first kappa shape index (κ1) is 11.2. The smallest absolute Gasteiger partial charge is 0.164 e. The molecular weight excluding hydrogens is 229 g/mol. The normalized spacial score (nSPS) is 21.9. The van der Waals surface area contributed by atoms with Crippen LogP contribution in [0.1, 0.15) is 17.9 Å². The zero-order valence-electron chi connectivity index (χ0n) is 9.81. The second-order valence-corrected chi connectivity index (χ2v) is 4.79. The van der Waals surface area contributed by atoms with E-state index in [0.29, 0.717) is 12.0 Å². The third-order valence-electron chi connectivity index (χ3n) is 3.46. The van der Waals surface area contributed by atoms with Crippen molar-refractivity contribution in [3.05, 3.63) is 53.8 Å². The molecule has 2 nitrogen and oxygen atoms in total. The lowest BCUT2D eigenvalue weighted by Crippen LogP contribution is -2.00. The Bertz CT molecular complexity index is 580. The molecule has 0 spiro atoms. The summed E-state index contributed by atoms with van der Waals surface area (Å²) in [6.45, 7) is 0. The van der Waals surface area contributed by atoms with Gasteiger partial charge in [-0.2, -0.15) is 0 Å². The Morgan fingerprint density at radius 2 is 1.67 bits per heavy atom. The van der Waals surface area contributed by atoms with Crippen molar-refractivity contribution < 1.29 is 9.50 Å². The van der Waals surface area contributed by atoms with Gasteiger partial charge in [0.15, 0.2) is 11.6 Å². The minimum absolute atomic E-state index is 0.297. The first-order valence-electron chi connectivity index (χ1n) is 5.99. The van der Waals surface area contributed by atoms with Gasteiger partial charge in [0, 0.05) is 12.0 Å². The summed E-state index contributed by atoms with van der Waals surface area (Å²) in [6.07, 6.45) is 1.05. The molecule has 1 fully saturated rings. The van der Waals surface area contributed by atoms with E-state index in [1.165, 1.54) is 17.7 Å². The van der Waals surface area contributed by atoms with Crippen molar-refractivity contribution in [2.24, 2.45) is 5.73 Å². The standard InChI is InChI=1S/C15H14FNO/c16-13-6-5-11(7-15(13)18)9-1-3-10(4-2-9)12-8-14(12)17/h1-7,12,14,18H,8,17H2. The molecule has 0 aromatic heterocycles. The number of benzene rings is 2. The molecule has 0 aliphatic heterocycles. The Balaban J connectivity index is 1.89. The molecule has 0 bridgehead atoms. The molecule has 2 unspecified atom stereocenters. The fourth-order valence-electron chi connectivity index (χ4n) is 2.21. The molecule has 18 heavy (non-hydrogen) atoms. The molecule has 3 heteroatoms. The monoisotopic (exact) mass is 243 g/mol. The summed E-state index contributed by atoms with van der Waals surface area (Å²) in [5, 5.41) is 9.36. The van der Waals surface area contributed by atoms with Crippen LogP contribution < -0.4 is 5.73 Å². The van der Waals surface area contributed by atoms with Gasteiger partial charge in [-0.3, -0.25) is 0 Å². The van der Waals surface area contributed by atoms with E-state index in [0.717, 1.165) is 17.5 Å². The molecule has 2 aromatic carbocycles. The van der Waals surface area contributed by atoms with Crippen LogP contribution in [-0.2, 0) is 0 Å². The average molecular weight is 243 g/mol. The maximum Gasteiger partial charge on any atom is 0.164 e. The largest absolute Gasteiger partial charge is 0.505 e. The molecule has 2 aromatic rings. The minimum atomic E-state index is -0.598. The Morgan fingerprint density at radius 3 is 2.22 bits per heavy atom. The van der Waals surface area contributed by atoms with Crippen molar-refractivity contribution in [1.82, 2.24) is 0 Å². The summed E-state index contributed by atoms with van der Waals surface area (Å²) in [7, 11) is 0. The molecule has 0 amide bonds. The topological polar surface area (TPSA) is 46.2 Å². The van der Waals surface area contributed by atoms with Crippen LogP contribution in [0.4, 0.5) is 4.39 Å². The number of phenolic OH excluding ortho intramolecular Hbond substituents is 1. The predicted octanol–water partition coefficient (Wildman–Crippen LogP) is 3.01. The number of hydrogen-bond acceptors (Lipinski definition) is 2. The number of aromatic hydroxyl groups is 1. The number of phenols is 1. The van der Waals surface area contributed by atoms with Gasteiger partial charge in [-0.25, -0.2) is 4.39 Å². The Hall–Kier alpha value is -1.87. The van der Waals surface area contributed by atoms with Crippen LogP contribution in [0.2, 0.25) is 0 Å². The SMILES string of the molecule is NC1CC1c1ccc(-c2ccc(F)c(O)c2)cc1. The summed E-state index contributed by atoms with van der Waals surface area (Å²) in [5.41, 5.74) is 8.82. The van der Waals surface area contributed by atoms with E-state index in [1.807, 2.05) is 24.3 Å². The molecule has 3 N–H and O–H groups in total. The van der Waals surface area contributed by atoms with Gasteiger partial charge in [-0.05, 0) is 35.2 Å². The third-order valence-corrected chi connectivity index (χ3v) is 3.46. The van der Waals surface area contributed by atoms with Crippen LogP contribution in [0.3, 0.4) is 0 Å². The highest BCUT2D eigenvalue weighted by Crippen LogP contribution is 2.39. The van der Waals surface area contributed by atoms with Crippen molar-refractivity contribution in [3.8, 4) is 16.9 Å². The van der Waals surface area contributed by atoms with Crippen LogP contribution >= 0.6 is 0 Å². The highest BCUT2D eigenvalue weighted by Gasteiger charge is 2.34. The van der Waals surface area contributed by atoms with Gasteiger partial charge in [0.1, 0.15) is 0 Å². The molecular formula is C15H14FNO. The maximum absolute atomic E-state index is 13.0. The minimum Gasteiger partial charge on any atom is -0.505 e. The third kappa shape index (κ3) is 1.97. The highest BCUT2D eigenvalue weighted by molar-refractivity contribution is 5.65. The lowest BCUT2D eigenvalue weighted by molar-refractivity contribution is 0.433. The van der Waals surface area contributed by atoms with Crippen molar-refractivity contribution >= 4 is 0 Å². The Kier molecular flexibility index (Phi) is 2.56. The first-order chi connectivity index (χ1) is 8.65. The number of rotatable bonds is 2. The molecule has 0 radical (unpaired) electrons. The lowest BCUT2D eigenvalue weighted by atomic mass is 10.0. The van der Waals surface area contributed by atoms with Crippen LogP contribution in [0.15, 0.2) is 42.5 Å². The summed E-state index contributed by atoms with van der Waals surface area (Å²) in [6, 6.07) is 12.7. The Morgan fingerprint density at radius 1 is 1.06 bits per heavy atom. The van der Waals surface area contributed by atoms with Gasteiger partial charge in [0.25, 0.3) is 0 Å². The van der Waals surface area contributed by atoms with Crippen LogP contribution in [-0.4, -0.2) is 11.1 Å². The van der Waals surface area contributed by atoms with E-state index in [2.05, 4.69) is 0 Å². The van der Waals surface area contributed by atoms with Crippen LogP contribution in [0.5, 0.6) is 5.75 Å². The number of nitrogens with two attached hydrogens (primary N) is 1. The van der Waals surface area contributed by atoms with E-state index in [4.69, 9.17) is 5.73 Å². The summed E-state index contributed by atoms with van der Waals surface area (Å²) in [5.74, 6) is -0.430. The van der Waals surface area contributed by atoms with Crippen LogP contribution in [0, 0.1) is 5.82 Å². The molecule has 1 aliphatic carbocycles. The second-order valence-electron chi connectivity index (χ2n) is 4.79. The predicted molar refractivity (Wildman–Crippen MR) is 68.8 cm³/mol. The fourth-order valence-corrected chi connectivity index (χ4v) is 2.21. The van der Waals surface area contributed by atoms with Gasteiger partial charge in [0.05, 0.1) is 0 Å². The van der Waals surface area contributed by atoms with Gasteiger partial charge in [-0.15, -0.1) is 0 Å². The van der Waals surface area contributed by atoms with Gasteiger partial charge in [0.2, 0.25) is 0 Å². The fraction of sp³-hybridized carbons (Fsp3) is 0.200. The lowest BCUT2D eigenvalue weighted by Gasteiger charge is -2.05. The average Bonchev–Trinajstić information content (AvgIpc) is 3.10. The van der Waals surface area contributed by atoms with E-state index >= 15 is 0 Å². The molecule has 3 rings (SSSR count). The Labute approximate surface area is 105 Å². The van der Waals surface area contributed by atoms with E-state index in [-0.39, 0.29) is 5.75 Å². The molecule has 0 heterocycles. The highest BCUT2D eigenvalue weighted by atomic mass is 19.1. The first-order valence-corrected chi connectivity index (χ1v) is 5.99. The van der Waals surface area contributed by atoms with E-state index in [9.17, 15) is 9.50 Å².